The van der Waals surface area contributed by atoms with Crippen LogP contribution in [0.4, 0.5) is 0 Å². The molecule has 0 bridgehead atoms. The summed E-state index contributed by atoms with van der Waals surface area (Å²) in [4.78, 5) is 13.4. The van der Waals surface area contributed by atoms with Crippen LogP contribution in [-0.2, 0) is 4.79 Å². The minimum Gasteiger partial charge on any atom is -0.493 e. The summed E-state index contributed by atoms with van der Waals surface area (Å²) in [6, 6.07) is 5.41. The van der Waals surface area contributed by atoms with Crippen LogP contribution in [0.3, 0.4) is 0 Å². The third-order valence-electron chi connectivity index (χ3n) is 3.69. The maximum absolute atomic E-state index is 11.2. The van der Waals surface area contributed by atoms with Gasteiger partial charge in [0.1, 0.15) is 6.10 Å². The number of likely N-dealkylation sites (tertiary alicyclic amines) is 1. The molecule has 1 aliphatic heterocycles. The van der Waals surface area contributed by atoms with E-state index in [1.807, 2.05) is 12.1 Å². The summed E-state index contributed by atoms with van der Waals surface area (Å²) in [5.41, 5.74) is 0.642. The number of ether oxygens (including phenoxy) is 2. The first-order valence-corrected chi connectivity index (χ1v) is 6.77. The summed E-state index contributed by atoms with van der Waals surface area (Å²) < 4.78 is 11.4. The molecule has 0 aliphatic carbocycles. The van der Waals surface area contributed by atoms with Gasteiger partial charge in [0.15, 0.2) is 11.5 Å². The van der Waals surface area contributed by atoms with Crippen LogP contribution in [0.15, 0.2) is 18.2 Å². The van der Waals surface area contributed by atoms with Gasteiger partial charge in [0.2, 0.25) is 0 Å². The second kappa shape index (κ2) is 6.13. The number of aliphatic carboxylic acids is 1. The third-order valence-corrected chi connectivity index (χ3v) is 3.69. The van der Waals surface area contributed by atoms with Crippen LogP contribution in [0, 0.1) is 0 Å². The molecule has 1 fully saturated rings. The quantitative estimate of drug-likeness (QED) is 0.893. The van der Waals surface area contributed by atoms with E-state index in [1.165, 1.54) is 0 Å². The lowest BCUT2D eigenvalue weighted by Gasteiger charge is -2.19. The van der Waals surface area contributed by atoms with E-state index in [0.717, 1.165) is 19.5 Å². The fourth-order valence-electron chi connectivity index (χ4n) is 2.49. The average Bonchev–Trinajstić information content (AvgIpc) is 2.83. The number of rotatable bonds is 5. The molecule has 2 unspecified atom stereocenters. The van der Waals surface area contributed by atoms with Crippen molar-refractivity contribution in [2.24, 2.45) is 0 Å². The third kappa shape index (κ3) is 3.04. The Morgan fingerprint density at radius 3 is 2.80 bits per heavy atom. The first kappa shape index (κ1) is 14.7. The molecule has 1 N–H and O–H groups in total. The number of methoxy groups -OCH3 is 1. The van der Waals surface area contributed by atoms with E-state index in [-0.39, 0.29) is 6.10 Å². The van der Waals surface area contributed by atoms with E-state index in [0.29, 0.717) is 17.1 Å². The summed E-state index contributed by atoms with van der Waals surface area (Å²) in [5, 5.41) is 9.16. The number of hydrogen-bond donors (Lipinski definition) is 1. The van der Waals surface area contributed by atoms with Crippen molar-refractivity contribution in [3.63, 3.8) is 0 Å². The molecule has 2 rings (SSSR count). The lowest BCUT2D eigenvalue weighted by molar-refractivity contribution is -0.138. The van der Waals surface area contributed by atoms with Crippen LogP contribution in [0.5, 0.6) is 11.5 Å². The highest BCUT2D eigenvalue weighted by Crippen LogP contribution is 2.36. The van der Waals surface area contributed by atoms with Gasteiger partial charge in [-0.2, -0.15) is 0 Å². The van der Waals surface area contributed by atoms with Gasteiger partial charge in [0.05, 0.1) is 13.0 Å². The molecule has 0 radical (unpaired) electrons. The Hall–Kier alpha value is -1.75. The van der Waals surface area contributed by atoms with Crippen LogP contribution < -0.4 is 9.47 Å². The Morgan fingerprint density at radius 1 is 1.50 bits per heavy atom. The molecular formula is C15H21NO4. The van der Waals surface area contributed by atoms with Crippen LogP contribution in [0.25, 0.3) is 0 Å². The molecule has 20 heavy (non-hydrogen) atoms. The molecule has 0 amide bonds. The number of carboxylic acid groups (broad SMARTS) is 1. The zero-order valence-corrected chi connectivity index (χ0v) is 12.1. The maximum Gasteiger partial charge on any atom is 0.310 e. The molecule has 5 nitrogen and oxygen atoms in total. The molecule has 0 saturated carbocycles. The highest BCUT2D eigenvalue weighted by atomic mass is 16.5. The van der Waals surface area contributed by atoms with Gasteiger partial charge in [-0.25, -0.2) is 0 Å². The van der Waals surface area contributed by atoms with Crippen LogP contribution in [0.2, 0.25) is 0 Å². The van der Waals surface area contributed by atoms with Crippen molar-refractivity contribution in [1.29, 1.82) is 0 Å². The van der Waals surface area contributed by atoms with Crippen molar-refractivity contribution in [3.05, 3.63) is 23.8 Å². The molecule has 0 aromatic heterocycles. The van der Waals surface area contributed by atoms with E-state index in [2.05, 4.69) is 11.9 Å². The monoisotopic (exact) mass is 279 g/mol. The van der Waals surface area contributed by atoms with E-state index in [4.69, 9.17) is 14.6 Å². The van der Waals surface area contributed by atoms with Crippen molar-refractivity contribution in [1.82, 2.24) is 4.90 Å². The molecular weight excluding hydrogens is 258 g/mol. The Labute approximate surface area is 119 Å². The van der Waals surface area contributed by atoms with Gasteiger partial charge in [-0.3, -0.25) is 4.79 Å². The second-order valence-corrected chi connectivity index (χ2v) is 5.23. The predicted molar refractivity (Wildman–Crippen MR) is 75.6 cm³/mol. The first-order valence-electron chi connectivity index (χ1n) is 6.77. The molecule has 110 valence electrons. The largest absolute Gasteiger partial charge is 0.493 e. The van der Waals surface area contributed by atoms with Gasteiger partial charge >= 0.3 is 5.97 Å². The van der Waals surface area contributed by atoms with Gasteiger partial charge in [-0.15, -0.1) is 0 Å². The first-order chi connectivity index (χ1) is 9.52. The Morgan fingerprint density at radius 2 is 2.25 bits per heavy atom. The maximum atomic E-state index is 11.2. The molecule has 2 atom stereocenters. The van der Waals surface area contributed by atoms with Crippen molar-refractivity contribution in [2.75, 3.05) is 27.2 Å². The molecule has 1 saturated heterocycles. The number of likely N-dealkylation sites (N-methyl/N-ethyl adjacent to an activating group) is 1. The SMILES string of the molecule is COc1c(OC2CCN(C)C2)cccc1C(C)C(=O)O. The molecule has 1 heterocycles. The number of nitrogens with zero attached hydrogens (tertiary/aromatic N) is 1. The van der Waals surface area contributed by atoms with Gasteiger partial charge < -0.3 is 19.5 Å². The second-order valence-electron chi connectivity index (χ2n) is 5.23. The van der Waals surface area contributed by atoms with Crippen LogP contribution in [0.1, 0.15) is 24.8 Å². The zero-order valence-electron chi connectivity index (χ0n) is 12.1. The van der Waals surface area contributed by atoms with Crippen LogP contribution in [-0.4, -0.2) is 49.3 Å². The summed E-state index contributed by atoms with van der Waals surface area (Å²) in [6.45, 7) is 3.54. The molecule has 0 spiro atoms. The number of carbonyl (C=O) groups is 1. The van der Waals surface area contributed by atoms with E-state index < -0.39 is 11.9 Å². The Bertz CT molecular complexity index is 489. The average molecular weight is 279 g/mol. The highest BCUT2D eigenvalue weighted by molar-refractivity contribution is 5.77. The predicted octanol–water partition coefficient (Wildman–Crippen LogP) is 1.97. The van der Waals surface area contributed by atoms with E-state index in [9.17, 15) is 4.79 Å². The number of benzene rings is 1. The molecule has 5 heteroatoms. The molecule has 1 aliphatic rings. The minimum absolute atomic E-state index is 0.129. The standard InChI is InChI=1S/C15H21NO4/c1-10(15(17)18)12-5-4-6-13(14(12)19-3)20-11-7-8-16(2)9-11/h4-6,10-11H,7-9H2,1-3H3,(H,17,18). The smallest absolute Gasteiger partial charge is 0.310 e. The van der Waals surface area contributed by atoms with Gasteiger partial charge in [-0.1, -0.05) is 12.1 Å². The highest BCUT2D eigenvalue weighted by Gasteiger charge is 2.25. The summed E-state index contributed by atoms with van der Waals surface area (Å²) in [6.07, 6.45) is 1.10. The molecule has 1 aromatic carbocycles. The minimum atomic E-state index is -0.874. The topological polar surface area (TPSA) is 59.0 Å². The molecule has 1 aromatic rings. The zero-order chi connectivity index (χ0) is 14.7. The van der Waals surface area contributed by atoms with Gasteiger partial charge in [0.25, 0.3) is 0 Å². The number of para-hydroxylation sites is 1. The number of carboxylic acids is 1. The van der Waals surface area contributed by atoms with Crippen LogP contribution >= 0.6 is 0 Å². The summed E-state index contributed by atoms with van der Waals surface area (Å²) in [7, 11) is 3.60. The number of hydrogen-bond acceptors (Lipinski definition) is 4. The van der Waals surface area contributed by atoms with Crippen molar-refractivity contribution in [2.45, 2.75) is 25.4 Å². The lowest BCUT2D eigenvalue weighted by atomic mass is 10.00. The van der Waals surface area contributed by atoms with Crippen molar-refractivity contribution >= 4 is 5.97 Å². The lowest BCUT2D eigenvalue weighted by Crippen LogP contribution is -2.22. The van der Waals surface area contributed by atoms with E-state index >= 15 is 0 Å². The van der Waals surface area contributed by atoms with Crippen molar-refractivity contribution in [3.8, 4) is 11.5 Å². The Kier molecular flexibility index (Phi) is 4.49. The fraction of sp³-hybridized carbons (Fsp3) is 0.533. The summed E-state index contributed by atoms with van der Waals surface area (Å²) in [5.74, 6) is -0.351. The normalized spacial score (nSPS) is 20.6. The summed E-state index contributed by atoms with van der Waals surface area (Å²) >= 11 is 0. The van der Waals surface area contributed by atoms with Gasteiger partial charge in [0, 0.05) is 18.7 Å². The fourth-order valence-corrected chi connectivity index (χ4v) is 2.49. The van der Waals surface area contributed by atoms with E-state index in [1.54, 1.807) is 20.1 Å². The van der Waals surface area contributed by atoms with Gasteiger partial charge in [-0.05, 0) is 26.5 Å². The Balaban J connectivity index is 2.24. The van der Waals surface area contributed by atoms with Crippen molar-refractivity contribution < 1.29 is 19.4 Å².